The Kier molecular flexibility index (Phi) is 8.68. The third-order valence-corrected chi connectivity index (χ3v) is 3.50. The van der Waals surface area contributed by atoms with Crippen LogP contribution in [0.4, 0.5) is 5.69 Å². The Morgan fingerprint density at radius 1 is 1.17 bits per heavy atom. The van der Waals surface area contributed by atoms with Gasteiger partial charge >= 0.3 is 0 Å². The van der Waals surface area contributed by atoms with Gasteiger partial charge in [0.15, 0.2) is 0 Å². The van der Waals surface area contributed by atoms with Crippen LogP contribution in [0.25, 0.3) is 10.9 Å². The molecule has 0 atom stereocenters. The Morgan fingerprint density at radius 3 is 2.70 bits per heavy atom. The van der Waals surface area contributed by atoms with Crippen molar-refractivity contribution >= 4 is 46.5 Å². The van der Waals surface area contributed by atoms with Gasteiger partial charge in [-0.1, -0.05) is 12.1 Å². The lowest BCUT2D eigenvalue weighted by Gasteiger charge is -2.11. The molecule has 0 aliphatic heterocycles. The molecule has 5 nitrogen and oxygen atoms in total. The number of aromatic nitrogens is 1. The molecule has 23 heavy (non-hydrogen) atoms. The van der Waals surface area contributed by atoms with Crippen LogP contribution < -0.4 is 15.4 Å². The summed E-state index contributed by atoms with van der Waals surface area (Å²) < 4.78 is 5.35. The number of pyridine rings is 1. The molecule has 0 unspecified atom stereocenters. The largest absolute Gasteiger partial charge is 0.494 e. The average Bonchev–Trinajstić information content (AvgIpc) is 2.53. The van der Waals surface area contributed by atoms with Crippen LogP contribution in [0.1, 0.15) is 26.2 Å². The predicted octanol–water partition coefficient (Wildman–Crippen LogP) is 3.58. The number of hydrogen-bond donors (Lipinski definition) is 2. The first-order valence-electron chi connectivity index (χ1n) is 7.62. The monoisotopic (exact) mass is 429 g/mol. The molecule has 0 radical (unpaired) electrons. The molecular formula is C17H24IN3O2. The number of anilines is 1. The van der Waals surface area contributed by atoms with Crippen LogP contribution in [0.15, 0.2) is 30.5 Å². The molecule has 0 saturated carbocycles. The molecule has 2 aromatic rings. The van der Waals surface area contributed by atoms with Crippen LogP contribution in [0, 0.1) is 0 Å². The van der Waals surface area contributed by atoms with Crippen LogP contribution in [0.3, 0.4) is 0 Å². The zero-order chi connectivity index (χ0) is 15.8. The first-order valence-corrected chi connectivity index (χ1v) is 7.62. The fourth-order valence-corrected chi connectivity index (χ4v) is 2.38. The zero-order valence-electron chi connectivity index (χ0n) is 13.6. The molecule has 0 aliphatic carbocycles. The number of carbonyl (C=O) groups is 1. The van der Waals surface area contributed by atoms with Crippen molar-refractivity contribution in [2.24, 2.45) is 0 Å². The molecule has 126 valence electrons. The maximum absolute atomic E-state index is 10.8. The lowest BCUT2D eigenvalue weighted by atomic mass is 10.1. The Bertz CT molecular complexity index is 634. The highest BCUT2D eigenvalue weighted by atomic mass is 127. The van der Waals surface area contributed by atoms with Gasteiger partial charge in [0.1, 0.15) is 11.3 Å². The van der Waals surface area contributed by atoms with Crippen molar-refractivity contribution in [1.82, 2.24) is 10.3 Å². The van der Waals surface area contributed by atoms with Crippen molar-refractivity contribution in [2.75, 3.05) is 25.5 Å². The Hall–Kier alpha value is -1.57. The summed E-state index contributed by atoms with van der Waals surface area (Å²) >= 11 is 0. The van der Waals surface area contributed by atoms with Gasteiger partial charge in [0.25, 0.3) is 0 Å². The van der Waals surface area contributed by atoms with E-state index in [9.17, 15) is 4.79 Å². The fourth-order valence-electron chi connectivity index (χ4n) is 2.38. The second-order valence-corrected chi connectivity index (χ2v) is 5.19. The summed E-state index contributed by atoms with van der Waals surface area (Å²) in [4.78, 5) is 15.1. The first kappa shape index (κ1) is 19.5. The van der Waals surface area contributed by atoms with Crippen LogP contribution in [-0.2, 0) is 4.79 Å². The van der Waals surface area contributed by atoms with E-state index in [1.807, 2.05) is 24.3 Å². The van der Waals surface area contributed by atoms with E-state index in [1.54, 1.807) is 20.2 Å². The van der Waals surface area contributed by atoms with Crippen molar-refractivity contribution in [3.63, 3.8) is 0 Å². The molecular weight excluding hydrogens is 405 g/mol. The summed E-state index contributed by atoms with van der Waals surface area (Å²) in [5, 5.41) is 7.33. The van der Waals surface area contributed by atoms with E-state index in [0.717, 1.165) is 54.7 Å². The van der Waals surface area contributed by atoms with E-state index in [-0.39, 0.29) is 29.9 Å². The quantitative estimate of drug-likeness (QED) is 0.498. The topological polar surface area (TPSA) is 63.2 Å². The number of fused-ring (bicyclic) bond motifs is 1. The number of ether oxygens (including phenoxy) is 1. The molecule has 0 spiro atoms. The van der Waals surface area contributed by atoms with E-state index in [0.29, 0.717) is 0 Å². The minimum atomic E-state index is 0. The van der Waals surface area contributed by atoms with Gasteiger partial charge in [0.05, 0.1) is 7.11 Å². The lowest BCUT2D eigenvalue weighted by Crippen LogP contribution is -2.20. The standard InChI is InChI=1S/C17H23N3O2.HI/c1-13(21)18-10-4-3-5-11-19-15-9-12-20-17-14(15)7-6-8-16(17)22-2;/h6-9,12H,3-5,10-11H2,1-2H3,(H,18,21)(H,19,20);1H. The molecule has 1 aromatic carbocycles. The normalized spacial score (nSPS) is 10.0. The maximum atomic E-state index is 10.8. The number of benzene rings is 1. The third kappa shape index (κ3) is 5.85. The number of hydrogen-bond acceptors (Lipinski definition) is 4. The van der Waals surface area contributed by atoms with Crippen LogP contribution in [0.2, 0.25) is 0 Å². The number of nitrogens with zero attached hydrogens (tertiary/aromatic N) is 1. The number of halogens is 1. The second-order valence-electron chi connectivity index (χ2n) is 5.19. The van der Waals surface area contributed by atoms with E-state index in [2.05, 4.69) is 15.6 Å². The number of nitrogens with one attached hydrogen (secondary N) is 2. The summed E-state index contributed by atoms with van der Waals surface area (Å²) in [5.74, 6) is 0.826. The molecule has 2 rings (SSSR count). The van der Waals surface area contributed by atoms with Gasteiger partial charge in [0, 0.05) is 37.3 Å². The van der Waals surface area contributed by atoms with Crippen molar-refractivity contribution in [2.45, 2.75) is 26.2 Å². The van der Waals surface area contributed by atoms with Crippen LogP contribution >= 0.6 is 24.0 Å². The highest BCUT2D eigenvalue weighted by molar-refractivity contribution is 14.0. The number of rotatable bonds is 8. The molecule has 1 aromatic heterocycles. The molecule has 0 aliphatic rings. The number of carbonyl (C=O) groups excluding carboxylic acids is 1. The summed E-state index contributed by atoms with van der Waals surface area (Å²) in [7, 11) is 1.66. The van der Waals surface area contributed by atoms with Gasteiger partial charge in [-0.25, -0.2) is 0 Å². The fraction of sp³-hybridized carbons (Fsp3) is 0.412. The van der Waals surface area contributed by atoms with E-state index in [1.165, 1.54) is 0 Å². The molecule has 1 amide bonds. The average molecular weight is 429 g/mol. The van der Waals surface area contributed by atoms with Crippen molar-refractivity contribution in [1.29, 1.82) is 0 Å². The number of unbranched alkanes of at least 4 members (excludes halogenated alkanes) is 2. The number of amides is 1. The second kappa shape index (κ2) is 10.3. The highest BCUT2D eigenvalue weighted by Crippen LogP contribution is 2.28. The minimum Gasteiger partial charge on any atom is -0.494 e. The Labute approximate surface area is 154 Å². The lowest BCUT2D eigenvalue weighted by molar-refractivity contribution is -0.118. The Morgan fingerprint density at radius 2 is 1.96 bits per heavy atom. The van der Waals surface area contributed by atoms with Gasteiger partial charge in [-0.05, 0) is 31.4 Å². The molecule has 0 bridgehead atoms. The molecule has 2 N–H and O–H groups in total. The van der Waals surface area contributed by atoms with E-state index >= 15 is 0 Å². The first-order chi connectivity index (χ1) is 10.7. The third-order valence-electron chi connectivity index (χ3n) is 3.50. The van der Waals surface area contributed by atoms with Crippen LogP contribution in [0.5, 0.6) is 5.75 Å². The summed E-state index contributed by atoms with van der Waals surface area (Å²) in [6.07, 6.45) is 4.95. The van der Waals surface area contributed by atoms with Crippen molar-refractivity contribution in [3.05, 3.63) is 30.5 Å². The minimum absolute atomic E-state index is 0. The van der Waals surface area contributed by atoms with Crippen molar-refractivity contribution < 1.29 is 9.53 Å². The summed E-state index contributed by atoms with van der Waals surface area (Å²) in [6, 6.07) is 7.92. The maximum Gasteiger partial charge on any atom is 0.216 e. The summed E-state index contributed by atoms with van der Waals surface area (Å²) in [6.45, 7) is 3.20. The molecule has 1 heterocycles. The van der Waals surface area contributed by atoms with Gasteiger partial charge < -0.3 is 15.4 Å². The molecule has 0 saturated heterocycles. The van der Waals surface area contributed by atoms with Crippen LogP contribution in [-0.4, -0.2) is 31.1 Å². The van der Waals surface area contributed by atoms with Gasteiger partial charge in [-0.3, -0.25) is 9.78 Å². The highest BCUT2D eigenvalue weighted by Gasteiger charge is 2.05. The Balaban J connectivity index is 0.00000264. The van der Waals surface area contributed by atoms with E-state index < -0.39 is 0 Å². The zero-order valence-corrected chi connectivity index (χ0v) is 15.9. The molecule has 0 fully saturated rings. The van der Waals surface area contributed by atoms with Crippen molar-refractivity contribution in [3.8, 4) is 5.75 Å². The van der Waals surface area contributed by atoms with Gasteiger partial charge in [-0.2, -0.15) is 0 Å². The molecule has 6 heteroatoms. The SMILES string of the molecule is COc1cccc2c(NCCCCCNC(C)=O)ccnc12.I. The smallest absolute Gasteiger partial charge is 0.216 e. The van der Waals surface area contributed by atoms with E-state index in [4.69, 9.17) is 4.74 Å². The number of para-hydroxylation sites is 1. The van der Waals surface area contributed by atoms with Gasteiger partial charge in [0.2, 0.25) is 5.91 Å². The predicted molar refractivity (Wildman–Crippen MR) is 105 cm³/mol. The number of methoxy groups -OCH3 is 1. The summed E-state index contributed by atoms with van der Waals surface area (Å²) in [5.41, 5.74) is 1.95. The van der Waals surface area contributed by atoms with Gasteiger partial charge in [-0.15, -0.1) is 24.0 Å².